The number of halogens is 3. The molecule has 0 saturated heterocycles. The lowest BCUT2D eigenvalue weighted by molar-refractivity contribution is -0.137. The van der Waals surface area contributed by atoms with Crippen LogP contribution in [-0.2, 0) is 11.0 Å². The van der Waals surface area contributed by atoms with Gasteiger partial charge in [0.25, 0.3) is 0 Å². The van der Waals surface area contributed by atoms with E-state index in [0.29, 0.717) is 12.0 Å². The van der Waals surface area contributed by atoms with E-state index in [9.17, 15) is 22.8 Å². The maximum atomic E-state index is 13.9. The first-order chi connectivity index (χ1) is 16.1. The Kier molecular flexibility index (Phi) is 5.77. The Morgan fingerprint density at radius 1 is 1.03 bits per heavy atom. The van der Waals surface area contributed by atoms with Crippen LogP contribution in [0.2, 0.25) is 0 Å². The Labute approximate surface area is 198 Å². The molecule has 0 bridgehead atoms. The number of alkyl halides is 3. The molecule has 1 N–H and O–H groups in total. The highest BCUT2D eigenvalue weighted by molar-refractivity contribution is 6.12. The highest BCUT2D eigenvalue weighted by Gasteiger charge is 2.49. The molecule has 2 saturated carbocycles. The standard InChI is InChI=1S/C28H32F3NO2/c1-16(2)22-23-20(14-27(12-5-13-27)15-21(23)33)32-25(17-6-3-4-7-17)24(22)26(34)18-8-10-19(11-9-18)28(29,30)31/h8-11,16-17,22,32H,3-7,12-15H2,1-2H3. The topological polar surface area (TPSA) is 46.2 Å². The molecule has 0 amide bonds. The van der Waals surface area contributed by atoms with Gasteiger partial charge >= 0.3 is 6.18 Å². The lowest BCUT2D eigenvalue weighted by Gasteiger charge is -2.49. The third kappa shape index (κ3) is 3.93. The van der Waals surface area contributed by atoms with Crippen LogP contribution in [0.25, 0.3) is 0 Å². The second-order valence-electron chi connectivity index (χ2n) is 11.1. The van der Waals surface area contributed by atoms with Crippen molar-refractivity contribution in [1.29, 1.82) is 0 Å². The molecule has 34 heavy (non-hydrogen) atoms. The second kappa shape index (κ2) is 8.39. The summed E-state index contributed by atoms with van der Waals surface area (Å²) in [4.78, 5) is 27.4. The molecule has 1 aromatic carbocycles. The second-order valence-corrected chi connectivity index (χ2v) is 11.1. The van der Waals surface area contributed by atoms with Crippen molar-refractivity contribution in [2.45, 2.75) is 77.8 Å². The minimum absolute atomic E-state index is 0.0243. The van der Waals surface area contributed by atoms with Gasteiger partial charge in [-0.15, -0.1) is 0 Å². The summed E-state index contributed by atoms with van der Waals surface area (Å²) >= 11 is 0. The van der Waals surface area contributed by atoms with Crippen LogP contribution in [0.5, 0.6) is 0 Å². The molecule has 0 radical (unpaired) electrons. The van der Waals surface area contributed by atoms with Crippen LogP contribution in [0, 0.1) is 23.2 Å². The number of carbonyl (C=O) groups is 2. The van der Waals surface area contributed by atoms with E-state index in [1.165, 1.54) is 12.1 Å². The largest absolute Gasteiger partial charge is 0.416 e. The quantitative estimate of drug-likeness (QED) is 0.481. The molecule has 5 rings (SSSR count). The van der Waals surface area contributed by atoms with E-state index in [-0.39, 0.29) is 40.3 Å². The van der Waals surface area contributed by atoms with Crippen molar-refractivity contribution >= 4 is 11.6 Å². The predicted molar refractivity (Wildman–Crippen MR) is 124 cm³/mol. The first kappa shape index (κ1) is 23.4. The summed E-state index contributed by atoms with van der Waals surface area (Å²) in [5.74, 6) is -0.207. The summed E-state index contributed by atoms with van der Waals surface area (Å²) in [7, 11) is 0. The van der Waals surface area contributed by atoms with Crippen molar-refractivity contribution in [2.24, 2.45) is 23.2 Å². The zero-order chi connectivity index (χ0) is 24.3. The summed E-state index contributed by atoms with van der Waals surface area (Å²) in [6.07, 6.45) is 4.41. The number of hydrogen-bond donors (Lipinski definition) is 1. The van der Waals surface area contributed by atoms with Crippen molar-refractivity contribution in [3.05, 3.63) is 57.9 Å². The van der Waals surface area contributed by atoms with E-state index >= 15 is 0 Å². The van der Waals surface area contributed by atoms with E-state index in [2.05, 4.69) is 5.32 Å². The van der Waals surface area contributed by atoms with Gasteiger partial charge in [0.2, 0.25) is 0 Å². The molecular formula is C28H32F3NO2. The first-order valence-electron chi connectivity index (χ1n) is 12.6. The number of rotatable bonds is 4. The Morgan fingerprint density at radius 3 is 2.21 bits per heavy atom. The number of Topliss-reactive ketones (excluding diaryl/α,β-unsaturated/α-hetero) is 2. The summed E-state index contributed by atoms with van der Waals surface area (Å²) in [6, 6.07) is 4.50. The van der Waals surface area contributed by atoms with Gasteiger partial charge in [-0.05, 0) is 61.5 Å². The van der Waals surface area contributed by atoms with Gasteiger partial charge in [0.1, 0.15) is 0 Å². The van der Waals surface area contributed by atoms with Gasteiger partial charge in [0, 0.05) is 40.4 Å². The molecule has 1 spiro atoms. The van der Waals surface area contributed by atoms with Crippen molar-refractivity contribution in [2.75, 3.05) is 0 Å². The van der Waals surface area contributed by atoms with Crippen LogP contribution in [0.4, 0.5) is 13.2 Å². The van der Waals surface area contributed by atoms with E-state index in [1.807, 2.05) is 13.8 Å². The first-order valence-corrected chi connectivity index (χ1v) is 12.6. The summed E-state index contributed by atoms with van der Waals surface area (Å²) in [5, 5.41) is 3.61. The van der Waals surface area contributed by atoms with Gasteiger partial charge in [-0.2, -0.15) is 13.2 Å². The Hall–Kier alpha value is -2.37. The highest BCUT2D eigenvalue weighted by Crippen LogP contribution is 2.55. The van der Waals surface area contributed by atoms with Crippen LogP contribution in [0.3, 0.4) is 0 Å². The van der Waals surface area contributed by atoms with Crippen molar-refractivity contribution in [3.8, 4) is 0 Å². The minimum Gasteiger partial charge on any atom is -0.361 e. The lowest BCUT2D eigenvalue weighted by atomic mass is 9.57. The van der Waals surface area contributed by atoms with Crippen molar-refractivity contribution < 1.29 is 22.8 Å². The normalized spacial score (nSPS) is 25.0. The Morgan fingerprint density at radius 2 is 1.68 bits per heavy atom. The van der Waals surface area contributed by atoms with Crippen molar-refractivity contribution in [1.82, 2.24) is 5.32 Å². The van der Waals surface area contributed by atoms with E-state index in [0.717, 1.165) is 80.5 Å². The number of dihydropyridines is 1. The van der Waals surface area contributed by atoms with Gasteiger partial charge in [-0.3, -0.25) is 9.59 Å². The van der Waals surface area contributed by atoms with E-state index in [4.69, 9.17) is 0 Å². The van der Waals surface area contributed by atoms with Gasteiger partial charge < -0.3 is 5.32 Å². The van der Waals surface area contributed by atoms with Gasteiger partial charge in [-0.25, -0.2) is 0 Å². The molecular weight excluding hydrogens is 439 g/mol. The average Bonchev–Trinajstić information content (AvgIpc) is 3.30. The molecule has 1 aliphatic heterocycles. The molecule has 6 heteroatoms. The molecule has 1 unspecified atom stereocenters. The summed E-state index contributed by atoms with van der Waals surface area (Å²) in [5.41, 5.74) is 2.80. The van der Waals surface area contributed by atoms with E-state index in [1.54, 1.807) is 0 Å². The summed E-state index contributed by atoms with van der Waals surface area (Å²) < 4.78 is 39.3. The summed E-state index contributed by atoms with van der Waals surface area (Å²) in [6.45, 7) is 4.07. The minimum atomic E-state index is -4.45. The number of carbonyl (C=O) groups excluding carboxylic acids is 2. The smallest absolute Gasteiger partial charge is 0.361 e. The van der Waals surface area contributed by atoms with Gasteiger partial charge in [0.15, 0.2) is 11.6 Å². The monoisotopic (exact) mass is 471 g/mol. The number of ketones is 2. The Bertz CT molecular complexity index is 1070. The van der Waals surface area contributed by atoms with Crippen LogP contribution >= 0.6 is 0 Å². The maximum Gasteiger partial charge on any atom is 0.416 e. The number of hydrogen-bond acceptors (Lipinski definition) is 3. The lowest BCUT2D eigenvalue weighted by Crippen LogP contribution is -2.45. The number of benzene rings is 1. The highest BCUT2D eigenvalue weighted by atomic mass is 19.4. The molecule has 3 aliphatic carbocycles. The molecule has 2 fully saturated rings. The molecule has 1 atom stereocenters. The third-order valence-corrected chi connectivity index (χ3v) is 8.47. The molecule has 1 heterocycles. The fraction of sp³-hybridized carbons (Fsp3) is 0.571. The number of allylic oxidation sites excluding steroid dienone is 4. The van der Waals surface area contributed by atoms with E-state index < -0.39 is 11.7 Å². The van der Waals surface area contributed by atoms with Crippen molar-refractivity contribution in [3.63, 3.8) is 0 Å². The molecule has 4 aliphatic rings. The molecule has 0 aromatic heterocycles. The number of nitrogens with one attached hydrogen (secondary N) is 1. The maximum absolute atomic E-state index is 13.9. The van der Waals surface area contributed by atoms with Gasteiger partial charge in [0.05, 0.1) is 5.56 Å². The fourth-order valence-corrected chi connectivity index (χ4v) is 6.61. The van der Waals surface area contributed by atoms with Crippen LogP contribution in [-0.4, -0.2) is 11.6 Å². The molecule has 1 aromatic rings. The zero-order valence-corrected chi connectivity index (χ0v) is 19.9. The fourth-order valence-electron chi connectivity index (χ4n) is 6.61. The average molecular weight is 472 g/mol. The zero-order valence-electron chi connectivity index (χ0n) is 19.9. The Balaban J connectivity index is 1.59. The van der Waals surface area contributed by atoms with Gasteiger partial charge in [-0.1, -0.05) is 45.2 Å². The SMILES string of the molecule is CC(C)C1C2=C(CC3(CCC3)CC2=O)NC(C2CCCC2)=C1C(=O)c1ccc(C(F)(F)F)cc1. The van der Waals surface area contributed by atoms with Crippen LogP contribution in [0.1, 0.15) is 87.6 Å². The predicted octanol–water partition coefficient (Wildman–Crippen LogP) is 7.00. The van der Waals surface area contributed by atoms with Crippen LogP contribution < -0.4 is 5.32 Å². The molecule has 182 valence electrons. The molecule has 3 nitrogen and oxygen atoms in total. The third-order valence-electron chi connectivity index (χ3n) is 8.47. The van der Waals surface area contributed by atoms with Crippen LogP contribution in [0.15, 0.2) is 46.8 Å².